The van der Waals surface area contributed by atoms with Crippen molar-refractivity contribution in [2.75, 3.05) is 18.0 Å². The van der Waals surface area contributed by atoms with Gasteiger partial charge >= 0.3 is 0 Å². The molecule has 2 heteroatoms. The summed E-state index contributed by atoms with van der Waals surface area (Å²) in [5.41, 5.74) is 2.71. The molecule has 21 heavy (non-hydrogen) atoms. The Kier molecular flexibility index (Phi) is 6.78. The third-order valence-electron chi connectivity index (χ3n) is 4.54. The first-order chi connectivity index (χ1) is 10.3. The zero-order valence-electron chi connectivity index (χ0n) is 13.4. The molecule has 0 saturated carbocycles. The average Bonchev–Trinajstić information content (AvgIpc) is 3.00. The van der Waals surface area contributed by atoms with E-state index in [1.165, 1.54) is 56.2 Å². The SMILES string of the molecule is CCCCCCCCc1ccc(N2CCC(C=O)C2)cc1. The first-order valence-corrected chi connectivity index (χ1v) is 8.62. The summed E-state index contributed by atoms with van der Waals surface area (Å²) in [5.74, 6) is 0.229. The number of hydrogen-bond acceptors (Lipinski definition) is 2. The Labute approximate surface area is 129 Å². The summed E-state index contributed by atoms with van der Waals surface area (Å²) in [6.07, 6.45) is 11.4. The molecule has 2 rings (SSSR count). The lowest BCUT2D eigenvalue weighted by molar-refractivity contribution is -0.110. The first kappa shape index (κ1) is 16.1. The zero-order valence-corrected chi connectivity index (χ0v) is 13.4. The minimum absolute atomic E-state index is 0.229. The first-order valence-electron chi connectivity index (χ1n) is 8.62. The van der Waals surface area contributed by atoms with Crippen LogP contribution in [0.3, 0.4) is 0 Å². The van der Waals surface area contributed by atoms with E-state index >= 15 is 0 Å². The monoisotopic (exact) mass is 287 g/mol. The van der Waals surface area contributed by atoms with E-state index in [1.54, 1.807) is 0 Å². The highest BCUT2D eigenvalue weighted by molar-refractivity contribution is 5.58. The topological polar surface area (TPSA) is 20.3 Å². The van der Waals surface area contributed by atoms with Crippen LogP contribution in [0.25, 0.3) is 0 Å². The molecule has 0 amide bonds. The summed E-state index contributed by atoms with van der Waals surface area (Å²) in [6.45, 7) is 4.17. The van der Waals surface area contributed by atoms with Crippen LogP contribution in [0.5, 0.6) is 0 Å². The third kappa shape index (κ3) is 5.18. The molecule has 1 aromatic carbocycles. The van der Waals surface area contributed by atoms with E-state index in [0.29, 0.717) is 0 Å². The van der Waals surface area contributed by atoms with Gasteiger partial charge in [0.1, 0.15) is 6.29 Å². The van der Waals surface area contributed by atoms with Crippen molar-refractivity contribution in [1.82, 2.24) is 0 Å². The molecule has 1 saturated heterocycles. The number of hydrogen-bond donors (Lipinski definition) is 0. The van der Waals surface area contributed by atoms with Gasteiger partial charge in [0.2, 0.25) is 0 Å². The van der Waals surface area contributed by atoms with E-state index in [9.17, 15) is 4.79 Å². The van der Waals surface area contributed by atoms with Crippen molar-refractivity contribution in [1.29, 1.82) is 0 Å². The fourth-order valence-corrected chi connectivity index (χ4v) is 3.12. The second-order valence-corrected chi connectivity index (χ2v) is 6.32. The lowest BCUT2D eigenvalue weighted by atomic mass is 10.0. The van der Waals surface area contributed by atoms with Gasteiger partial charge in [-0.2, -0.15) is 0 Å². The Morgan fingerprint density at radius 3 is 2.48 bits per heavy atom. The minimum atomic E-state index is 0.229. The van der Waals surface area contributed by atoms with Crippen LogP contribution in [0.1, 0.15) is 57.4 Å². The van der Waals surface area contributed by atoms with Crippen molar-refractivity contribution in [2.45, 2.75) is 58.3 Å². The highest BCUT2D eigenvalue weighted by Gasteiger charge is 2.21. The lowest BCUT2D eigenvalue weighted by Gasteiger charge is -2.18. The Bertz CT molecular complexity index is 412. The molecule has 0 spiro atoms. The molecule has 0 bridgehead atoms. The van der Waals surface area contributed by atoms with E-state index in [-0.39, 0.29) is 5.92 Å². The quantitative estimate of drug-likeness (QED) is 0.488. The van der Waals surface area contributed by atoms with Gasteiger partial charge in [-0.15, -0.1) is 0 Å². The molecule has 1 aromatic rings. The molecule has 2 nitrogen and oxygen atoms in total. The average molecular weight is 287 g/mol. The fourth-order valence-electron chi connectivity index (χ4n) is 3.12. The number of benzene rings is 1. The Balaban J connectivity index is 1.71. The smallest absolute Gasteiger partial charge is 0.124 e. The molecule has 0 aromatic heterocycles. The number of anilines is 1. The molecule has 1 unspecified atom stereocenters. The van der Waals surface area contributed by atoms with Crippen molar-refractivity contribution in [3.05, 3.63) is 29.8 Å². The van der Waals surface area contributed by atoms with Gasteiger partial charge in [0.05, 0.1) is 0 Å². The minimum Gasteiger partial charge on any atom is -0.371 e. The summed E-state index contributed by atoms with van der Waals surface area (Å²) in [7, 11) is 0. The number of unbranched alkanes of at least 4 members (excludes halogenated alkanes) is 5. The maximum Gasteiger partial charge on any atom is 0.124 e. The van der Waals surface area contributed by atoms with Gasteiger partial charge in [-0.1, -0.05) is 51.2 Å². The van der Waals surface area contributed by atoms with Crippen LogP contribution in [0, 0.1) is 5.92 Å². The molecular weight excluding hydrogens is 258 g/mol. The Morgan fingerprint density at radius 1 is 1.10 bits per heavy atom. The molecule has 0 aliphatic carbocycles. The van der Waals surface area contributed by atoms with Gasteiger partial charge < -0.3 is 9.69 Å². The number of carbonyl (C=O) groups is 1. The summed E-state index contributed by atoms with van der Waals surface area (Å²) in [5, 5.41) is 0. The molecule has 0 N–H and O–H groups in total. The van der Waals surface area contributed by atoms with Gasteiger partial charge in [-0.3, -0.25) is 0 Å². The fraction of sp³-hybridized carbons (Fsp3) is 0.632. The summed E-state index contributed by atoms with van der Waals surface area (Å²) in [6, 6.07) is 8.96. The second-order valence-electron chi connectivity index (χ2n) is 6.32. The Hall–Kier alpha value is -1.31. The van der Waals surface area contributed by atoms with Gasteiger partial charge in [0.25, 0.3) is 0 Å². The molecule has 0 radical (unpaired) electrons. The van der Waals surface area contributed by atoms with Gasteiger partial charge in [-0.25, -0.2) is 0 Å². The van der Waals surface area contributed by atoms with E-state index < -0.39 is 0 Å². The van der Waals surface area contributed by atoms with Crippen LogP contribution in [0.4, 0.5) is 5.69 Å². The standard InChI is InChI=1S/C19H29NO/c1-2-3-4-5-6-7-8-17-9-11-19(12-10-17)20-14-13-18(15-20)16-21/h9-12,16,18H,2-8,13-15H2,1H3. The van der Waals surface area contributed by atoms with Gasteiger partial charge in [0, 0.05) is 24.7 Å². The summed E-state index contributed by atoms with van der Waals surface area (Å²) < 4.78 is 0. The van der Waals surface area contributed by atoms with Crippen molar-refractivity contribution >= 4 is 12.0 Å². The predicted octanol–water partition coefficient (Wildman–Crippen LogP) is 4.61. The normalized spacial score (nSPS) is 18.1. The molecule has 1 aliphatic rings. The molecule has 1 atom stereocenters. The van der Waals surface area contributed by atoms with Gasteiger partial charge in [-0.05, 0) is 37.0 Å². The van der Waals surface area contributed by atoms with Crippen LogP contribution in [0.2, 0.25) is 0 Å². The Morgan fingerprint density at radius 2 is 1.81 bits per heavy atom. The molecule has 1 fully saturated rings. The van der Waals surface area contributed by atoms with Crippen molar-refractivity contribution in [3.8, 4) is 0 Å². The van der Waals surface area contributed by atoms with Crippen LogP contribution in [-0.4, -0.2) is 19.4 Å². The molecule has 1 aliphatic heterocycles. The van der Waals surface area contributed by atoms with E-state index in [1.807, 2.05) is 0 Å². The number of nitrogens with zero attached hydrogens (tertiary/aromatic N) is 1. The lowest BCUT2D eigenvalue weighted by Crippen LogP contribution is -2.19. The highest BCUT2D eigenvalue weighted by atomic mass is 16.1. The molecule has 116 valence electrons. The number of aldehydes is 1. The van der Waals surface area contributed by atoms with E-state index in [4.69, 9.17) is 0 Å². The third-order valence-corrected chi connectivity index (χ3v) is 4.54. The maximum atomic E-state index is 10.8. The van der Waals surface area contributed by atoms with Crippen LogP contribution in [0.15, 0.2) is 24.3 Å². The summed E-state index contributed by atoms with van der Waals surface area (Å²) in [4.78, 5) is 13.2. The van der Waals surface area contributed by atoms with E-state index in [0.717, 1.165) is 25.8 Å². The van der Waals surface area contributed by atoms with Gasteiger partial charge in [0.15, 0.2) is 0 Å². The highest BCUT2D eigenvalue weighted by Crippen LogP contribution is 2.23. The van der Waals surface area contributed by atoms with Crippen molar-refractivity contribution in [2.24, 2.45) is 5.92 Å². The molecule has 1 heterocycles. The zero-order chi connectivity index (χ0) is 14.9. The summed E-state index contributed by atoms with van der Waals surface area (Å²) >= 11 is 0. The second kappa shape index (κ2) is 8.86. The maximum absolute atomic E-state index is 10.8. The molecular formula is C19H29NO. The van der Waals surface area contributed by atoms with Crippen LogP contribution in [-0.2, 0) is 11.2 Å². The van der Waals surface area contributed by atoms with Crippen molar-refractivity contribution in [3.63, 3.8) is 0 Å². The number of rotatable bonds is 9. The largest absolute Gasteiger partial charge is 0.371 e. The van der Waals surface area contributed by atoms with Crippen LogP contribution < -0.4 is 4.90 Å². The van der Waals surface area contributed by atoms with Crippen LogP contribution >= 0.6 is 0 Å². The van der Waals surface area contributed by atoms with Crippen molar-refractivity contribution < 1.29 is 4.79 Å². The van der Waals surface area contributed by atoms with E-state index in [2.05, 4.69) is 36.1 Å². The predicted molar refractivity (Wildman–Crippen MR) is 89.9 cm³/mol. The number of aryl methyl sites for hydroxylation is 1. The number of carbonyl (C=O) groups excluding carboxylic acids is 1.